The van der Waals surface area contributed by atoms with Crippen LogP contribution in [-0.4, -0.2) is 24.1 Å². The minimum Gasteiger partial charge on any atom is -0.486 e. The van der Waals surface area contributed by atoms with Crippen LogP contribution in [0.3, 0.4) is 0 Å². The molecule has 28 heavy (non-hydrogen) atoms. The van der Waals surface area contributed by atoms with Crippen molar-refractivity contribution in [3.05, 3.63) is 70.9 Å². The third-order valence-corrected chi connectivity index (χ3v) is 4.76. The van der Waals surface area contributed by atoms with Crippen molar-refractivity contribution >= 4 is 34.7 Å². The Balaban J connectivity index is 1.51. The fraction of sp³-hybridized carbons (Fsp3) is 0.143. The average Bonchev–Trinajstić information content (AvgIpc) is 2.71. The van der Waals surface area contributed by atoms with E-state index in [9.17, 15) is 4.79 Å². The van der Waals surface area contributed by atoms with Crippen molar-refractivity contribution in [3.63, 3.8) is 0 Å². The highest BCUT2D eigenvalue weighted by Crippen LogP contribution is 2.32. The van der Waals surface area contributed by atoms with Crippen molar-refractivity contribution in [1.82, 2.24) is 4.98 Å². The lowest BCUT2D eigenvalue weighted by Crippen LogP contribution is -2.16. The molecule has 0 saturated carbocycles. The lowest BCUT2D eigenvalue weighted by atomic mass is 10.2. The Morgan fingerprint density at radius 2 is 1.89 bits per heavy atom. The van der Waals surface area contributed by atoms with Crippen LogP contribution in [-0.2, 0) is 0 Å². The Morgan fingerprint density at radius 1 is 1.07 bits per heavy atom. The molecular formula is C21H18ClN3O3. The van der Waals surface area contributed by atoms with Crippen molar-refractivity contribution in [1.29, 1.82) is 0 Å². The maximum absolute atomic E-state index is 12.6. The highest BCUT2D eigenvalue weighted by atomic mass is 35.5. The van der Waals surface area contributed by atoms with Gasteiger partial charge in [-0.05, 0) is 48.9 Å². The number of fused-ring (bicyclic) bond motifs is 1. The quantitative estimate of drug-likeness (QED) is 0.663. The normalized spacial score (nSPS) is 12.4. The van der Waals surface area contributed by atoms with Gasteiger partial charge < -0.3 is 20.1 Å². The zero-order chi connectivity index (χ0) is 19.5. The van der Waals surface area contributed by atoms with Crippen LogP contribution in [0.1, 0.15) is 15.9 Å². The number of amides is 1. The Labute approximate surface area is 167 Å². The van der Waals surface area contributed by atoms with E-state index in [0.29, 0.717) is 46.8 Å². The van der Waals surface area contributed by atoms with Gasteiger partial charge in [-0.3, -0.25) is 4.79 Å². The van der Waals surface area contributed by atoms with Crippen molar-refractivity contribution in [2.75, 3.05) is 23.8 Å². The number of nitrogens with one attached hydrogen (secondary N) is 2. The van der Waals surface area contributed by atoms with E-state index in [-0.39, 0.29) is 5.91 Å². The number of halogens is 1. The second kappa shape index (κ2) is 7.78. The lowest BCUT2D eigenvalue weighted by molar-refractivity contribution is 0.102. The first-order valence-corrected chi connectivity index (χ1v) is 9.17. The van der Waals surface area contributed by atoms with Gasteiger partial charge in [-0.1, -0.05) is 17.7 Å². The molecule has 4 rings (SSSR count). The smallest absolute Gasteiger partial charge is 0.255 e. The molecule has 0 aliphatic carbocycles. The molecule has 0 fully saturated rings. The van der Waals surface area contributed by atoms with E-state index in [4.69, 9.17) is 21.1 Å². The Bertz CT molecular complexity index is 1040. The van der Waals surface area contributed by atoms with Crippen molar-refractivity contribution in [2.24, 2.45) is 0 Å². The topological polar surface area (TPSA) is 72.5 Å². The van der Waals surface area contributed by atoms with E-state index in [1.54, 1.807) is 36.5 Å². The van der Waals surface area contributed by atoms with Crippen molar-refractivity contribution < 1.29 is 14.3 Å². The summed E-state index contributed by atoms with van der Waals surface area (Å²) in [6.45, 7) is 2.94. The largest absolute Gasteiger partial charge is 0.486 e. The predicted octanol–water partition coefficient (Wildman–Crippen LogP) is 4.81. The minimum absolute atomic E-state index is 0.245. The molecule has 6 nitrogen and oxygen atoms in total. The second-order valence-electron chi connectivity index (χ2n) is 6.28. The summed E-state index contributed by atoms with van der Waals surface area (Å²) in [4.78, 5) is 16.9. The molecule has 0 atom stereocenters. The Kier molecular flexibility index (Phi) is 5.04. The van der Waals surface area contributed by atoms with E-state index in [0.717, 1.165) is 11.3 Å². The summed E-state index contributed by atoms with van der Waals surface area (Å²) < 4.78 is 11.0. The first-order chi connectivity index (χ1) is 13.6. The van der Waals surface area contributed by atoms with E-state index < -0.39 is 0 Å². The number of benzene rings is 2. The summed E-state index contributed by atoms with van der Waals surface area (Å²) in [5, 5.41) is 6.73. The number of carbonyl (C=O) groups is 1. The van der Waals surface area contributed by atoms with Gasteiger partial charge in [0.25, 0.3) is 5.91 Å². The molecule has 2 N–H and O–H groups in total. The van der Waals surface area contributed by atoms with Crippen molar-refractivity contribution in [3.8, 4) is 11.5 Å². The van der Waals surface area contributed by atoms with Gasteiger partial charge in [0, 0.05) is 34.2 Å². The standard InChI is InChI=1S/C21H18ClN3O3/c1-13-16(22)3-2-4-17(13)25-20-11-14(7-8-23-20)21(26)24-15-5-6-18-19(12-15)28-10-9-27-18/h2-8,11-12H,9-10H2,1H3,(H,23,25)(H,24,26). The van der Waals surface area contributed by atoms with Crippen molar-refractivity contribution in [2.45, 2.75) is 6.92 Å². The molecule has 142 valence electrons. The molecule has 2 heterocycles. The van der Waals surface area contributed by atoms with Gasteiger partial charge in [0.15, 0.2) is 11.5 Å². The molecule has 1 aliphatic rings. The zero-order valence-electron chi connectivity index (χ0n) is 15.2. The summed E-state index contributed by atoms with van der Waals surface area (Å²) >= 11 is 6.16. The van der Waals surface area contributed by atoms with Gasteiger partial charge in [0.1, 0.15) is 19.0 Å². The minimum atomic E-state index is -0.245. The van der Waals surface area contributed by atoms with Gasteiger partial charge in [0.2, 0.25) is 0 Å². The fourth-order valence-electron chi connectivity index (χ4n) is 2.85. The monoisotopic (exact) mass is 395 g/mol. The summed E-state index contributed by atoms with van der Waals surface area (Å²) in [5.74, 6) is 1.61. The molecule has 2 aromatic carbocycles. The van der Waals surface area contributed by atoms with E-state index >= 15 is 0 Å². The average molecular weight is 396 g/mol. The molecule has 0 saturated heterocycles. The van der Waals surface area contributed by atoms with Crippen LogP contribution in [0.4, 0.5) is 17.2 Å². The molecule has 0 unspecified atom stereocenters. The molecule has 0 bridgehead atoms. The molecule has 0 spiro atoms. The lowest BCUT2D eigenvalue weighted by Gasteiger charge is -2.19. The third-order valence-electron chi connectivity index (χ3n) is 4.35. The van der Waals surface area contributed by atoms with Crippen LogP contribution in [0.5, 0.6) is 11.5 Å². The van der Waals surface area contributed by atoms with Crippen LogP contribution < -0.4 is 20.1 Å². The third kappa shape index (κ3) is 3.87. The van der Waals surface area contributed by atoms with E-state index in [1.807, 2.05) is 25.1 Å². The maximum Gasteiger partial charge on any atom is 0.255 e. The molecule has 1 amide bonds. The number of rotatable bonds is 4. The molecule has 0 radical (unpaired) electrons. The summed E-state index contributed by atoms with van der Waals surface area (Å²) in [5.41, 5.74) is 2.86. The van der Waals surface area contributed by atoms with Crippen LogP contribution in [0, 0.1) is 6.92 Å². The number of pyridine rings is 1. The number of aromatic nitrogens is 1. The Morgan fingerprint density at radius 3 is 2.75 bits per heavy atom. The first-order valence-electron chi connectivity index (χ1n) is 8.79. The van der Waals surface area contributed by atoms with Gasteiger partial charge >= 0.3 is 0 Å². The summed E-state index contributed by atoms with van der Waals surface area (Å²) in [6, 6.07) is 14.2. The van der Waals surface area contributed by atoms with Gasteiger partial charge in [-0.2, -0.15) is 0 Å². The van der Waals surface area contributed by atoms with Crippen LogP contribution in [0.25, 0.3) is 0 Å². The highest BCUT2D eigenvalue weighted by Gasteiger charge is 2.14. The molecular weight excluding hydrogens is 378 g/mol. The van der Waals surface area contributed by atoms with Crippen LogP contribution in [0.15, 0.2) is 54.7 Å². The summed E-state index contributed by atoms with van der Waals surface area (Å²) in [6.07, 6.45) is 1.58. The molecule has 7 heteroatoms. The number of hydrogen-bond donors (Lipinski definition) is 2. The number of hydrogen-bond acceptors (Lipinski definition) is 5. The van der Waals surface area contributed by atoms with Crippen LogP contribution >= 0.6 is 11.6 Å². The highest BCUT2D eigenvalue weighted by molar-refractivity contribution is 6.31. The number of carbonyl (C=O) groups excluding carboxylic acids is 1. The predicted molar refractivity (Wildman–Crippen MR) is 109 cm³/mol. The molecule has 3 aromatic rings. The summed E-state index contributed by atoms with van der Waals surface area (Å²) in [7, 11) is 0. The Hall–Kier alpha value is -3.25. The molecule has 1 aliphatic heterocycles. The van der Waals surface area contributed by atoms with Gasteiger partial charge in [-0.15, -0.1) is 0 Å². The number of nitrogens with zero attached hydrogens (tertiary/aromatic N) is 1. The SMILES string of the molecule is Cc1c(Cl)cccc1Nc1cc(C(=O)Nc2ccc3c(c2)OCCO3)ccn1. The van der Waals surface area contributed by atoms with Gasteiger partial charge in [0.05, 0.1) is 0 Å². The zero-order valence-corrected chi connectivity index (χ0v) is 15.9. The maximum atomic E-state index is 12.6. The second-order valence-corrected chi connectivity index (χ2v) is 6.69. The number of anilines is 3. The molecule has 1 aromatic heterocycles. The fourth-order valence-corrected chi connectivity index (χ4v) is 3.02. The first kappa shape index (κ1) is 18.1. The van der Waals surface area contributed by atoms with E-state index in [1.165, 1.54) is 0 Å². The van der Waals surface area contributed by atoms with E-state index in [2.05, 4.69) is 15.6 Å². The van der Waals surface area contributed by atoms with Crippen LogP contribution in [0.2, 0.25) is 5.02 Å². The van der Waals surface area contributed by atoms with Gasteiger partial charge in [-0.25, -0.2) is 4.98 Å². The number of ether oxygens (including phenoxy) is 2.